The van der Waals surface area contributed by atoms with E-state index in [9.17, 15) is 18.0 Å². The largest absolute Gasteiger partial charge is 0.437 e. The van der Waals surface area contributed by atoms with Gasteiger partial charge < -0.3 is 9.84 Å². The first kappa shape index (κ1) is 12.9. The lowest BCUT2D eigenvalue weighted by Crippen LogP contribution is -2.34. The number of aromatic nitrogens is 1. The summed E-state index contributed by atoms with van der Waals surface area (Å²) in [6.45, 7) is 0. The van der Waals surface area contributed by atoms with E-state index < -0.39 is 11.9 Å². The molecule has 0 saturated carbocycles. The number of amides is 1. The summed E-state index contributed by atoms with van der Waals surface area (Å²) in [4.78, 5) is 11.3. The fourth-order valence-electron chi connectivity index (χ4n) is 2.10. The highest BCUT2D eigenvalue weighted by molar-refractivity contribution is 5.76. The maximum atomic E-state index is 12.6. The average molecular weight is 262 g/mol. The number of rotatable bonds is 2. The van der Waals surface area contributed by atoms with Gasteiger partial charge in [0.25, 0.3) is 0 Å². The molecule has 4 nitrogen and oxygen atoms in total. The van der Waals surface area contributed by atoms with E-state index in [-0.39, 0.29) is 23.9 Å². The minimum Gasteiger partial charge on any atom is -0.364 e. The van der Waals surface area contributed by atoms with Gasteiger partial charge in [-0.05, 0) is 19.3 Å². The third kappa shape index (κ3) is 3.02. The van der Waals surface area contributed by atoms with Crippen LogP contribution in [0.5, 0.6) is 0 Å². The number of nitrogens with one attached hydrogen (secondary N) is 1. The zero-order valence-electron chi connectivity index (χ0n) is 9.59. The summed E-state index contributed by atoms with van der Waals surface area (Å²) in [5.41, 5.74) is -1.00. The van der Waals surface area contributed by atoms with Crippen LogP contribution >= 0.6 is 0 Å². The summed E-state index contributed by atoms with van der Waals surface area (Å²) in [5.74, 6) is -0.109. The van der Waals surface area contributed by atoms with Gasteiger partial charge in [-0.1, -0.05) is 11.6 Å². The van der Waals surface area contributed by atoms with E-state index >= 15 is 0 Å². The number of halogens is 3. The molecule has 2 heterocycles. The Kier molecular flexibility index (Phi) is 3.58. The van der Waals surface area contributed by atoms with Crippen molar-refractivity contribution in [3.8, 4) is 0 Å². The summed E-state index contributed by atoms with van der Waals surface area (Å²) in [7, 11) is 0. The van der Waals surface area contributed by atoms with Crippen LogP contribution in [-0.4, -0.2) is 17.1 Å². The molecule has 0 spiro atoms. The maximum Gasteiger partial charge on any atom is 0.437 e. The van der Waals surface area contributed by atoms with Crippen LogP contribution in [0.1, 0.15) is 36.9 Å². The summed E-state index contributed by atoms with van der Waals surface area (Å²) in [6, 6.07) is -0.277. The SMILES string of the molecule is O=C1CCCCC(Cc2conc2C(F)(F)F)N1. The van der Waals surface area contributed by atoms with Crippen molar-refractivity contribution in [1.82, 2.24) is 10.5 Å². The second-order valence-electron chi connectivity index (χ2n) is 4.40. The van der Waals surface area contributed by atoms with Crippen LogP contribution in [0, 0.1) is 0 Å². The Morgan fingerprint density at radius 1 is 1.44 bits per heavy atom. The molecular formula is C11H13F3N2O2. The highest BCUT2D eigenvalue weighted by atomic mass is 19.4. The first-order chi connectivity index (χ1) is 8.47. The lowest BCUT2D eigenvalue weighted by Gasteiger charge is -2.15. The van der Waals surface area contributed by atoms with Gasteiger partial charge in [0, 0.05) is 18.0 Å². The van der Waals surface area contributed by atoms with Crippen molar-refractivity contribution in [2.45, 2.75) is 44.3 Å². The number of hydrogen-bond acceptors (Lipinski definition) is 3. The molecule has 1 aromatic rings. The molecule has 1 aromatic heterocycles. The zero-order valence-corrected chi connectivity index (χ0v) is 9.59. The third-order valence-electron chi connectivity index (χ3n) is 2.95. The number of nitrogens with zero attached hydrogens (tertiary/aromatic N) is 1. The Hall–Kier alpha value is -1.53. The molecule has 1 atom stereocenters. The van der Waals surface area contributed by atoms with E-state index in [0.29, 0.717) is 12.8 Å². The van der Waals surface area contributed by atoms with Gasteiger partial charge >= 0.3 is 6.18 Å². The molecule has 1 saturated heterocycles. The zero-order chi connectivity index (χ0) is 13.2. The van der Waals surface area contributed by atoms with Gasteiger partial charge in [0.05, 0.1) is 0 Å². The van der Waals surface area contributed by atoms with E-state index in [2.05, 4.69) is 15.0 Å². The number of carbonyl (C=O) groups excluding carboxylic acids is 1. The molecule has 1 aliphatic heterocycles. The second-order valence-corrected chi connectivity index (χ2v) is 4.40. The van der Waals surface area contributed by atoms with Gasteiger partial charge in [-0.15, -0.1) is 0 Å². The van der Waals surface area contributed by atoms with Gasteiger partial charge in [-0.3, -0.25) is 4.79 Å². The Bertz CT molecular complexity index is 428. The van der Waals surface area contributed by atoms with Crippen LogP contribution in [0.15, 0.2) is 10.8 Å². The predicted octanol–water partition coefficient (Wildman–Crippen LogP) is 2.29. The molecule has 0 radical (unpaired) electrons. The van der Waals surface area contributed by atoms with Crippen LogP contribution in [0.25, 0.3) is 0 Å². The molecule has 0 aromatic carbocycles. The fourth-order valence-corrected chi connectivity index (χ4v) is 2.10. The van der Waals surface area contributed by atoms with Gasteiger partial charge in [-0.2, -0.15) is 13.2 Å². The van der Waals surface area contributed by atoms with Gasteiger partial charge in [0.15, 0.2) is 5.69 Å². The van der Waals surface area contributed by atoms with Crippen LogP contribution in [0.3, 0.4) is 0 Å². The van der Waals surface area contributed by atoms with E-state index in [0.717, 1.165) is 19.1 Å². The summed E-state index contributed by atoms with van der Waals surface area (Å²) >= 11 is 0. The summed E-state index contributed by atoms with van der Waals surface area (Å²) in [6.07, 6.45) is -0.699. The van der Waals surface area contributed by atoms with Crippen LogP contribution in [0.4, 0.5) is 13.2 Å². The molecule has 0 aliphatic carbocycles. The van der Waals surface area contributed by atoms with Crippen molar-refractivity contribution >= 4 is 5.91 Å². The Balaban J connectivity index is 2.09. The third-order valence-corrected chi connectivity index (χ3v) is 2.95. The second kappa shape index (κ2) is 4.99. The molecule has 0 bridgehead atoms. The van der Waals surface area contributed by atoms with Crippen molar-refractivity contribution in [1.29, 1.82) is 0 Å². The smallest absolute Gasteiger partial charge is 0.364 e. The topological polar surface area (TPSA) is 55.1 Å². The molecule has 2 rings (SSSR count). The minimum absolute atomic E-state index is 0.00491. The molecule has 18 heavy (non-hydrogen) atoms. The van der Waals surface area contributed by atoms with Crippen LogP contribution in [-0.2, 0) is 17.4 Å². The predicted molar refractivity (Wildman–Crippen MR) is 55.6 cm³/mol. The molecule has 1 aliphatic rings. The van der Waals surface area contributed by atoms with Crippen molar-refractivity contribution in [3.63, 3.8) is 0 Å². The lowest BCUT2D eigenvalue weighted by atomic mass is 10.0. The highest BCUT2D eigenvalue weighted by Crippen LogP contribution is 2.31. The summed E-state index contributed by atoms with van der Waals surface area (Å²) in [5, 5.41) is 5.70. The van der Waals surface area contributed by atoms with Crippen molar-refractivity contribution in [2.75, 3.05) is 0 Å². The summed E-state index contributed by atoms with van der Waals surface area (Å²) < 4.78 is 42.1. The highest BCUT2D eigenvalue weighted by Gasteiger charge is 2.38. The quantitative estimate of drug-likeness (QED) is 0.889. The molecular weight excluding hydrogens is 249 g/mol. The molecule has 7 heteroatoms. The normalized spacial score (nSPS) is 21.5. The average Bonchev–Trinajstić information content (AvgIpc) is 2.62. The first-order valence-corrected chi connectivity index (χ1v) is 5.76. The van der Waals surface area contributed by atoms with Gasteiger partial charge in [0.2, 0.25) is 5.91 Å². The van der Waals surface area contributed by atoms with Gasteiger partial charge in [0.1, 0.15) is 6.26 Å². The molecule has 1 N–H and O–H groups in total. The van der Waals surface area contributed by atoms with Crippen LogP contribution in [0.2, 0.25) is 0 Å². The Morgan fingerprint density at radius 2 is 2.22 bits per heavy atom. The number of alkyl halides is 3. The van der Waals surface area contributed by atoms with Crippen molar-refractivity contribution < 1.29 is 22.5 Å². The number of carbonyl (C=O) groups is 1. The van der Waals surface area contributed by atoms with E-state index in [1.54, 1.807) is 0 Å². The van der Waals surface area contributed by atoms with E-state index in [1.165, 1.54) is 0 Å². The van der Waals surface area contributed by atoms with Crippen molar-refractivity contribution in [3.05, 3.63) is 17.5 Å². The monoisotopic (exact) mass is 262 g/mol. The standard InChI is InChI=1S/C11H13F3N2O2/c12-11(13,14)10-7(6-18-16-10)5-8-3-1-2-4-9(17)15-8/h6,8H,1-5H2,(H,15,17). The van der Waals surface area contributed by atoms with Crippen LogP contribution < -0.4 is 5.32 Å². The lowest BCUT2D eigenvalue weighted by molar-refractivity contribution is -0.143. The van der Waals surface area contributed by atoms with Gasteiger partial charge in [-0.25, -0.2) is 0 Å². The Labute approximate surface area is 102 Å². The minimum atomic E-state index is -4.52. The number of hydrogen-bond donors (Lipinski definition) is 1. The first-order valence-electron chi connectivity index (χ1n) is 5.76. The Morgan fingerprint density at radius 3 is 2.94 bits per heavy atom. The van der Waals surface area contributed by atoms with Crippen molar-refractivity contribution in [2.24, 2.45) is 0 Å². The molecule has 1 amide bonds. The molecule has 100 valence electrons. The maximum absolute atomic E-state index is 12.6. The molecule has 1 unspecified atom stereocenters. The van der Waals surface area contributed by atoms with E-state index in [1.807, 2.05) is 0 Å². The fraction of sp³-hybridized carbons (Fsp3) is 0.636. The molecule has 1 fully saturated rings. The van der Waals surface area contributed by atoms with E-state index in [4.69, 9.17) is 0 Å².